The average molecular weight is 399 g/mol. The van der Waals surface area contributed by atoms with Crippen LogP contribution in [0, 0.1) is 9.39 Å². The van der Waals surface area contributed by atoms with Gasteiger partial charge in [-0.05, 0) is 58.8 Å². The second kappa shape index (κ2) is 7.97. The number of benzene rings is 2. The summed E-state index contributed by atoms with van der Waals surface area (Å²) in [5, 5.41) is 2.78. The highest BCUT2D eigenvalue weighted by atomic mass is 127. The summed E-state index contributed by atoms with van der Waals surface area (Å²) in [6, 6.07) is 13.8. The number of rotatable bonds is 6. The fourth-order valence-electron chi connectivity index (χ4n) is 1.75. The largest absolute Gasteiger partial charge is 0.483 e. The normalized spacial score (nSPS) is 10.2. The third-order valence-electron chi connectivity index (χ3n) is 2.84. The molecule has 0 heterocycles. The number of halogens is 2. The Labute approximate surface area is 136 Å². The third kappa shape index (κ3) is 5.34. The van der Waals surface area contributed by atoms with Crippen LogP contribution in [-0.2, 0) is 11.2 Å². The van der Waals surface area contributed by atoms with E-state index >= 15 is 0 Å². The molecule has 0 aliphatic heterocycles. The van der Waals surface area contributed by atoms with Crippen molar-refractivity contribution in [3.8, 4) is 5.75 Å². The zero-order valence-corrected chi connectivity index (χ0v) is 13.5. The molecule has 5 heteroatoms. The van der Waals surface area contributed by atoms with Gasteiger partial charge in [0.2, 0.25) is 0 Å². The quantitative estimate of drug-likeness (QED) is 0.759. The summed E-state index contributed by atoms with van der Waals surface area (Å²) < 4.78 is 19.2. The summed E-state index contributed by atoms with van der Waals surface area (Å²) in [5.41, 5.74) is 0.982. The Kier molecular flexibility index (Phi) is 5.98. The maximum absolute atomic E-state index is 12.7. The lowest BCUT2D eigenvalue weighted by Gasteiger charge is -2.08. The lowest BCUT2D eigenvalue weighted by Crippen LogP contribution is -2.30. The number of carbonyl (C=O) groups excluding carboxylic acids is 1. The van der Waals surface area contributed by atoms with E-state index in [-0.39, 0.29) is 18.3 Å². The highest BCUT2D eigenvalue weighted by Crippen LogP contribution is 2.19. The molecule has 0 radical (unpaired) electrons. The van der Waals surface area contributed by atoms with E-state index in [0.717, 1.165) is 9.13 Å². The Balaban J connectivity index is 1.70. The first-order chi connectivity index (χ1) is 10.1. The molecule has 0 saturated carbocycles. The fourth-order valence-corrected chi connectivity index (χ4v) is 2.30. The minimum atomic E-state index is -0.256. The number of carbonyl (C=O) groups is 1. The van der Waals surface area contributed by atoms with Gasteiger partial charge in [0.1, 0.15) is 11.6 Å². The Morgan fingerprint density at radius 3 is 2.57 bits per heavy atom. The molecular weight excluding hydrogens is 384 g/mol. The molecule has 0 fully saturated rings. The van der Waals surface area contributed by atoms with Crippen LogP contribution in [0.25, 0.3) is 0 Å². The van der Waals surface area contributed by atoms with Crippen molar-refractivity contribution in [2.75, 3.05) is 13.2 Å². The van der Waals surface area contributed by atoms with E-state index in [4.69, 9.17) is 4.74 Å². The first-order valence-corrected chi connectivity index (χ1v) is 7.61. The number of hydrogen-bond acceptors (Lipinski definition) is 2. The second-order valence-corrected chi connectivity index (χ2v) is 5.61. The summed E-state index contributed by atoms with van der Waals surface area (Å²) >= 11 is 2.16. The highest BCUT2D eigenvalue weighted by Gasteiger charge is 2.04. The molecular formula is C16H15FINO2. The van der Waals surface area contributed by atoms with Gasteiger partial charge in [0.25, 0.3) is 5.91 Å². The van der Waals surface area contributed by atoms with Crippen LogP contribution in [0.4, 0.5) is 4.39 Å². The molecule has 0 atom stereocenters. The first kappa shape index (κ1) is 15.8. The van der Waals surface area contributed by atoms with Crippen molar-refractivity contribution >= 4 is 28.5 Å². The molecule has 2 aromatic rings. The van der Waals surface area contributed by atoms with Crippen LogP contribution in [0.15, 0.2) is 48.5 Å². The van der Waals surface area contributed by atoms with Crippen LogP contribution in [0.3, 0.4) is 0 Å². The van der Waals surface area contributed by atoms with Crippen LogP contribution in [0.1, 0.15) is 5.56 Å². The summed E-state index contributed by atoms with van der Waals surface area (Å²) in [7, 11) is 0. The van der Waals surface area contributed by atoms with E-state index in [9.17, 15) is 9.18 Å². The van der Waals surface area contributed by atoms with Gasteiger partial charge in [0.15, 0.2) is 6.61 Å². The lowest BCUT2D eigenvalue weighted by atomic mass is 10.1. The zero-order chi connectivity index (χ0) is 15.1. The van der Waals surface area contributed by atoms with Gasteiger partial charge in [0.05, 0.1) is 3.57 Å². The molecule has 1 amide bonds. The topological polar surface area (TPSA) is 38.3 Å². The van der Waals surface area contributed by atoms with E-state index < -0.39 is 0 Å². The standard InChI is InChI=1S/C16H15FINO2/c17-13-7-5-12(6-8-13)9-10-19-16(20)11-21-15-4-2-1-3-14(15)18/h1-8H,9-11H2,(H,19,20). The molecule has 2 rings (SSSR count). The highest BCUT2D eigenvalue weighted by molar-refractivity contribution is 14.1. The first-order valence-electron chi connectivity index (χ1n) is 6.53. The number of nitrogens with one attached hydrogen (secondary N) is 1. The van der Waals surface area contributed by atoms with E-state index in [1.807, 2.05) is 24.3 Å². The van der Waals surface area contributed by atoms with E-state index in [1.54, 1.807) is 12.1 Å². The monoisotopic (exact) mass is 399 g/mol. The summed E-state index contributed by atoms with van der Waals surface area (Å²) in [6.07, 6.45) is 0.662. The van der Waals surface area contributed by atoms with Crippen molar-refractivity contribution < 1.29 is 13.9 Å². The van der Waals surface area contributed by atoms with Crippen molar-refractivity contribution in [3.63, 3.8) is 0 Å². The number of para-hydroxylation sites is 1. The van der Waals surface area contributed by atoms with Gasteiger partial charge in [-0.25, -0.2) is 4.39 Å². The predicted octanol–water partition coefficient (Wildman–Crippen LogP) is 3.17. The Morgan fingerprint density at radius 2 is 1.86 bits per heavy atom. The molecule has 0 bridgehead atoms. The molecule has 0 aromatic heterocycles. The number of hydrogen-bond donors (Lipinski definition) is 1. The average Bonchev–Trinajstić information content (AvgIpc) is 2.48. The van der Waals surface area contributed by atoms with Gasteiger partial charge in [0, 0.05) is 6.54 Å². The van der Waals surface area contributed by atoms with Crippen LogP contribution in [0.5, 0.6) is 5.75 Å². The number of amides is 1. The van der Waals surface area contributed by atoms with Gasteiger partial charge >= 0.3 is 0 Å². The smallest absolute Gasteiger partial charge is 0.257 e. The van der Waals surface area contributed by atoms with E-state index in [0.29, 0.717) is 18.7 Å². The minimum Gasteiger partial charge on any atom is -0.483 e. The van der Waals surface area contributed by atoms with Gasteiger partial charge in [-0.1, -0.05) is 24.3 Å². The molecule has 110 valence electrons. The summed E-state index contributed by atoms with van der Waals surface area (Å²) in [5.74, 6) is 0.275. The second-order valence-electron chi connectivity index (χ2n) is 4.45. The zero-order valence-electron chi connectivity index (χ0n) is 11.3. The maximum Gasteiger partial charge on any atom is 0.257 e. The van der Waals surface area contributed by atoms with Crippen molar-refractivity contribution in [1.29, 1.82) is 0 Å². The van der Waals surface area contributed by atoms with Gasteiger partial charge in [-0.15, -0.1) is 0 Å². The van der Waals surface area contributed by atoms with E-state index in [1.165, 1.54) is 12.1 Å². The molecule has 0 saturated heterocycles. The van der Waals surface area contributed by atoms with Gasteiger partial charge in [-0.2, -0.15) is 0 Å². The van der Waals surface area contributed by atoms with Crippen LogP contribution >= 0.6 is 22.6 Å². The van der Waals surface area contributed by atoms with Crippen molar-refractivity contribution in [2.45, 2.75) is 6.42 Å². The molecule has 0 aliphatic rings. The molecule has 3 nitrogen and oxygen atoms in total. The van der Waals surface area contributed by atoms with Crippen molar-refractivity contribution in [2.24, 2.45) is 0 Å². The van der Waals surface area contributed by atoms with Crippen LogP contribution < -0.4 is 10.1 Å². The predicted molar refractivity (Wildman–Crippen MR) is 87.8 cm³/mol. The Morgan fingerprint density at radius 1 is 1.14 bits per heavy atom. The Bertz CT molecular complexity index is 601. The molecule has 1 N–H and O–H groups in total. The van der Waals surface area contributed by atoms with Crippen molar-refractivity contribution in [3.05, 3.63) is 63.5 Å². The molecule has 21 heavy (non-hydrogen) atoms. The maximum atomic E-state index is 12.7. The summed E-state index contributed by atoms with van der Waals surface area (Å²) in [6.45, 7) is 0.489. The van der Waals surface area contributed by atoms with Crippen molar-refractivity contribution in [1.82, 2.24) is 5.32 Å². The molecule has 0 aliphatic carbocycles. The molecule has 0 spiro atoms. The lowest BCUT2D eigenvalue weighted by molar-refractivity contribution is -0.123. The van der Waals surface area contributed by atoms with Crippen LogP contribution in [0.2, 0.25) is 0 Å². The summed E-state index contributed by atoms with van der Waals surface area (Å²) in [4.78, 5) is 11.7. The SMILES string of the molecule is O=C(COc1ccccc1I)NCCc1ccc(F)cc1. The molecule has 2 aromatic carbocycles. The van der Waals surface area contributed by atoms with Crippen LogP contribution in [-0.4, -0.2) is 19.1 Å². The minimum absolute atomic E-state index is 0.0105. The fraction of sp³-hybridized carbons (Fsp3) is 0.188. The van der Waals surface area contributed by atoms with Gasteiger partial charge in [-0.3, -0.25) is 4.79 Å². The molecule has 0 unspecified atom stereocenters. The van der Waals surface area contributed by atoms with Gasteiger partial charge < -0.3 is 10.1 Å². The third-order valence-corrected chi connectivity index (χ3v) is 3.74. The Hall–Kier alpha value is -1.63. The number of ether oxygens (including phenoxy) is 1. The van der Waals surface area contributed by atoms with E-state index in [2.05, 4.69) is 27.9 Å².